The number of aliphatic hydroxyl groups is 1. The summed E-state index contributed by atoms with van der Waals surface area (Å²) in [5.74, 6) is -0.633. The maximum absolute atomic E-state index is 13.1. The molecule has 150 valence electrons. The molecule has 1 amide bonds. The minimum atomic E-state index is -3.40. The van der Waals surface area contributed by atoms with Crippen molar-refractivity contribution in [3.05, 3.63) is 65.5 Å². The molecule has 0 saturated carbocycles. The first-order valence-electron chi connectivity index (χ1n) is 8.60. The lowest BCUT2D eigenvalue weighted by atomic mass is 9.99. The van der Waals surface area contributed by atoms with Crippen LogP contribution in [-0.4, -0.2) is 49.8 Å². The highest BCUT2D eigenvalue weighted by Gasteiger charge is 2.34. The Kier molecular flexibility index (Phi) is 5.97. The summed E-state index contributed by atoms with van der Waals surface area (Å²) < 4.78 is 43.4. The lowest BCUT2D eigenvalue weighted by Crippen LogP contribution is -2.51. The number of sulfonamides is 1. The number of carbonyl (C=O) groups is 1. The summed E-state index contributed by atoms with van der Waals surface area (Å²) in [6.07, 6.45) is 0.0191. The fourth-order valence-electron chi connectivity index (χ4n) is 3.06. The summed E-state index contributed by atoms with van der Waals surface area (Å²) in [4.78, 5) is 13.9. The van der Waals surface area contributed by atoms with Crippen LogP contribution in [0.2, 0.25) is 0 Å². The summed E-state index contributed by atoms with van der Waals surface area (Å²) in [7, 11) is -3.40. The molecule has 2 atom stereocenters. The molecule has 1 fully saturated rings. The Bertz CT molecular complexity index is 932. The first-order valence-corrected chi connectivity index (χ1v) is 10.5. The van der Waals surface area contributed by atoms with Crippen LogP contribution in [0.3, 0.4) is 0 Å². The van der Waals surface area contributed by atoms with E-state index in [0.717, 1.165) is 11.8 Å². The van der Waals surface area contributed by atoms with E-state index in [-0.39, 0.29) is 31.5 Å². The Balaban J connectivity index is 1.78. The molecule has 0 bridgehead atoms. The van der Waals surface area contributed by atoms with Crippen LogP contribution in [-0.2, 0) is 26.1 Å². The molecule has 0 spiro atoms. The lowest BCUT2D eigenvalue weighted by Gasteiger charge is -2.38. The van der Waals surface area contributed by atoms with Gasteiger partial charge in [0.25, 0.3) is 0 Å². The number of halogens is 1. The van der Waals surface area contributed by atoms with E-state index in [1.807, 2.05) is 0 Å². The Labute approximate surface area is 162 Å². The molecule has 2 aromatic rings. The largest absolute Gasteiger partial charge is 0.386 e. The van der Waals surface area contributed by atoms with E-state index in [4.69, 9.17) is 4.74 Å². The van der Waals surface area contributed by atoms with Crippen LogP contribution < -0.4 is 4.72 Å². The number of nitrogens with zero attached hydrogens (tertiary/aromatic N) is 1. The summed E-state index contributed by atoms with van der Waals surface area (Å²) in [6, 6.07) is 11.4. The number of carbonyl (C=O) groups excluding carboxylic acids is 1. The maximum Gasteiger partial charge on any atom is 0.249 e. The van der Waals surface area contributed by atoms with Crippen LogP contribution in [0.25, 0.3) is 0 Å². The Morgan fingerprint density at radius 2 is 1.86 bits per heavy atom. The first-order chi connectivity index (χ1) is 13.2. The number of aliphatic hydroxyl groups excluding tert-OH is 1. The summed E-state index contributed by atoms with van der Waals surface area (Å²) in [5.41, 5.74) is 1.63. The average Bonchev–Trinajstić information content (AvgIpc) is 2.64. The highest BCUT2D eigenvalue weighted by Crippen LogP contribution is 2.27. The molecule has 28 heavy (non-hydrogen) atoms. The molecule has 1 aliphatic heterocycles. The monoisotopic (exact) mass is 408 g/mol. The molecule has 2 unspecified atom stereocenters. The van der Waals surface area contributed by atoms with Crippen LogP contribution in [0.4, 0.5) is 10.1 Å². The number of nitrogens with one attached hydrogen (secondary N) is 1. The van der Waals surface area contributed by atoms with Crippen molar-refractivity contribution in [3.8, 4) is 0 Å². The number of morpholine rings is 1. The van der Waals surface area contributed by atoms with E-state index in [0.29, 0.717) is 11.3 Å². The van der Waals surface area contributed by atoms with E-state index in [2.05, 4.69) is 4.72 Å². The normalized spacial score (nSPS) is 18.8. The van der Waals surface area contributed by atoms with Gasteiger partial charge in [0.1, 0.15) is 18.5 Å². The quantitative estimate of drug-likeness (QED) is 0.758. The van der Waals surface area contributed by atoms with Gasteiger partial charge in [0.15, 0.2) is 0 Å². The maximum atomic E-state index is 13.1. The van der Waals surface area contributed by atoms with E-state index < -0.39 is 22.2 Å². The fourth-order valence-corrected chi connectivity index (χ4v) is 3.63. The van der Waals surface area contributed by atoms with Crippen molar-refractivity contribution in [1.29, 1.82) is 0 Å². The first kappa shape index (κ1) is 20.2. The predicted octanol–water partition coefficient (Wildman–Crippen LogP) is 1.66. The molecule has 1 aliphatic rings. The number of ether oxygens (including phenoxy) is 1. The Morgan fingerprint density at radius 3 is 2.46 bits per heavy atom. The highest BCUT2D eigenvalue weighted by atomic mass is 32.2. The third-order valence-corrected chi connectivity index (χ3v) is 5.03. The fraction of sp³-hybridized carbons (Fsp3) is 0.316. The van der Waals surface area contributed by atoms with Gasteiger partial charge < -0.3 is 14.7 Å². The van der Waals surface area contributed by atoms with Gasteiger partial charge in [0.05, 0.1) is 18.9 Å². The second-order valence-corrected chi connectivity index (χ2v) is 8.42. The SMILES string of the molecule is CS(=O)(=O)Nc1ccc(C(O)C2COCC(=O)N2Cc2ccc(F)cc2)cc1. The lowest BCUT2D eigenvalue weighted by molar-refractivity contribution is -0.155. The molecule has 9 heteroatoms. The minimum absolute atomic E-state index is 0.0817. The molecule has 1 saturated heterocycles. The van der Waals surface area contributed by atoms with E-state index in [9.17, 15) is 22.7 Å². The van der Waals surface area contributed by atoms with Gasteiger partial charge >= 0.3 is 0 Å². The molecule has 1 heterocycles. The summed E-state index contributed by atoms with van der Waals surface area (Å²) >= 11 is 0. The van der Waals surface area contributed by atoms with Crippen molar-refractivity contribution in [3.63, 3.8) is 0 Å². The topological polar surface area (TPSA) is 95.9 Å². The van der Waals surface area contributed by atoms with Gasteiger partial charge in [-0.25, -0.2) is 12.8 Å². The van der Waals surface area contributed by atoms with Crippen molar-refractivity contribution < 1.29 is 27.4 Å². The smallest absolute Gasteiger partial charge is 0.249 e. The Morgan fingerprint density at radius 1 is 1.21 bits per heavy atom. The van der Waals surface area contributed by atoms with E-state index >= 15 is 0 Å². The molecule has 2 N–H and O–H groups in total. The van der Waals surface area contributed by atoms with Crippen molar-refractivity contribution >= 4 is 21.6 Å². The van der Waals surface area contributed by atoms with E-state index in [1.165, 1.54) is 29.2 Å². The number of rotatable bonds is 6. The van der Waals surface area contributed by atoms with Gasteiger partial charge in [-0.15, -0.1) is 0 Å². The van der Waals surface area contributed by atoms with Crippen molar-refractivity contribution in [2.45, 2.75) is 18.7 Å². The molecule has 2 aromatic carbocycles. The molecular weight excluding hydrogens is 387 g/mol. The second kappa shape index (κ2) is 8.26. The zero-order valence-electron chi connectivity index (χ0n) is 15.2. The van der Waals surface area contributed by atoms with Crippen molar-refractivity contribution in [2.24, 2.45) is 0 Å². The Hall–Kier alpha value is -2.49. The van der Waals surface area contributed by atoms with E-state index in [1.54, 1.807) is 24.3 Å². The standard InChI is InChI=1S/C19H21FN2O5S/c1-28(25,26)21-16-8-4-14(5-9-16)19(24)17-11-27-12-18(23)22(17)10-13-2-6-15(20)7-3-13/h2-9,17,19,21,24H,10-12H2,1H3. The van der Waals surface area contributed by atoms with Crippen LogP contribution in [0.1, 0.15) is 17.2 Å². The van der Waals surface area contributed by atoms with Gasteiger partial charge in [-0.3, -0.25) is 9.52 Å². The molecule has 3 rings (SSSR count). The average molecular weight is 408 g/mol. The number of hydrogen-bond donors (Lipinski definition) is 2. The van der Waals surface area contributed by atoms with Crippen molar-refractivity contribution in [2.75, 3.05) is 24.2 Å². The van der Waals surface area contributed by atoms with Gasteiger partial charge in [0.2, 0.25) is 15.9 Å². The number of amides is 1. The molecule has 7 nitrogen and oxygen atoms in total. The minimum Gasteiger partial charge on any atom is -0.386 e. The van der Waals surface area contributed by atoms with Gasteiger partial charge in [-0.2, -0.15) is 0 Å². The molecule has 0 aliphatic carbocycles. The van der Waals surface area contributed by atoms with Crippen LogP contribution in [0.15, 0.2) is 48.5 Å². The van der Waals surface area contributed by atoms with Crippen LogP contribution in [0.5, 0.6) is 0 Å². The van der Waals surface area contributed by atoms with Gasteiger partial charge in [0, 0.05) is 12.2 Å². The molecular formula is C19H21FN2O5S. The third kappa shape index (κ3) is 5.06. The highest BCUT2D eigenvalue weighted by molar-refractivity contribution is 7.92. The number of anilines is 1. The molecule has 0 radical (unpaired) electrons. The summed E-state index contributed by atoms with van der Waals surface area (Å²) in [5, 5.41) is 10.8. The van der Waals surface area contributed by atoms with Crippen molar-refractivity contribution in [1.82, 2.24) is 4.90 Å². The van der Waals surface area contributed by atoms with Gasteiger partial charge in [-0.1, -0.05) is 24.3 Å². The predicted molar refractivity (Wildman–Crippen MR) is 101 cm³/mol. The number of hydrogen-bond acceptors (Lipinski definition) is 5. The molecule has 0 aromatic heterocycles. The number of benzene rings is 2. The zero-order valence-corrected chi connectivity index (χ0v) is 16.0. The van der Waals surface area contributed by atoms with Crippen LogP contribution in [0, 0.1) is 5.82 Å². The van der Waals surface area contributed by atoms with Gasteiger partial charge in [-0.05, 0) is 35.4 Å². The van der Waals surface area contributed by atoms with Crippen LogP contribution >= 0.6 is 0 Å². The zero-order chi connectivity index (χ0) is 20.3. The second-order valence-electron chi connectivity index (χ2n) is 6.67. The third-order valence-electron chi connectivity index (χ3n) is 4.42. The summed E-state index contributed by atoms with van der Waals surface area (Å²) in [6.45, 7) is 0.289.